The molecule has 0 fully saturated rings. The number of rotatable bonds is 3. The number of halogens is 1. The van der Waals surface area contributed by atoms with Gasteiger partial charge in [-0.1, -0.05) is 34.1 Å². The van der Waals surface area contributed by atoms with E-state index >= 15 is 0 Å². The number of hydrogen-bond donors (Lipinski definition) is 2. The van der Waals surface area contributed by atoms with E-state index in [-0.39, 0.29) is 0 Å². The van der Waals surface area contributed by atoms with Crippen LogP contribution in [-0.4, -0.2) is 0 Å². The van der Waals surface area contributed by atoms with Gasteiger partial charge in [0.2, 0.25) is 0 Å². The fraction of sp³-hybridized carbons (Fsp3) is 0.0833. The number of thiophene rings is 1. The first kappa shape index (κ1) is 12.0. The SMILES string of the molecule is N#Cc1sc(NCc2ccccc2Br)cc1N. The van der Waals surface area contributed by atoms with Crippen molar-refractivity contribution in [3.05, 3.63) is 45.2 Å². The van der Waals surface area contributed by atoms with Crippen LogP contribution >= 0.6 is 27.3 Å². The molecule has 2 aromatic rings. The highest BCUT2D eigenvalue weighted by Crippen LogP contribution is 2.29. The maximum atomic E-state index is 8.81. The van der Waals surface area contributed by atoms with E-state index in [0.29, 0.717) is 17.1 Å². The number of nitrogens with one attached hydrogen (secondary N) is 1. The Morgan fingerprint density at radius 2 is 2.18 bits per heavy atom. The van der Waals surface area contributed by atoms with Crippen LogP contribution in [0.1, 0.15) is 10.4 Å². The summed E-state index contributed by atoms with van der Waals surface area (Å²) in [6.45, 7) is 0.701. The van der Waals surface area contributed by atoms with E-state index in [0.717, 1.165) is 15.0 Å². The number of nitriles is 1. The molecule has 3 N–H and O–H groups in total. The summed E-state index contributed by atoms with van der Waals surface area (Å²) in [5.41, 5.74) is 7.39. The largest absolute Gasteiger partial charge is 0.397 e. The number of benzene rings is 1. The van der Waals surface area contributed by atoms with Crippen LogP contribution in [0.2, 0.25) is 0 Å². The molecule has 86 valence electrons. The van der Waals surface area contributed by atoms with Gasteiger partial charge in [-0.25, -0.2) is 0 Å². The molecule has 0 aliphatic carbocycles. The Balaban J connectivity index is 2.08. The zero-order chi connectivity index (χ0) is 12.3. The van der Waals surface area contributed by atoms with Gasteiger partial charge in [0, 0.05) is 11.0 Å². The molecule has 0 amide bonds. The predicted octanol–water partition coefficient (Wildman–Crippen LogP) is 3.58. The van der Waals surface area contributed by atoms with Crippen molar-refractivity contribution in [3.8, 4) is 6.07 Å². The maximum Gasteiger partial charge on any atom is 0.129 e. The summed E-state index contributed by atoms with van der Waals surface area (Å²) in [4.78, 5) is 0.555. The molecule has 5 heteroatoms. The highest BCUT2D eigenvalue weighted by atomic mass is 79.9. The lowest BCUT2D eigenvalue weighted by Gasteiger charge is -2.05. The van der Waals surface area contributed by atoms with Crippen molar-refractivity contribution in [2.45, 2.75) is 6.54 Å². The summed E-state index contributed by atoms with van der Waals surface area (Å²) in [6.07, 6.45) is 0. The fourth-order valence-corrected chi connectivity index (χ4v) is 2.60. The normalized spacial score (nSPS) is 9.88. The van der Waals surface area contributed by atoms with Gasteiger partial charge in [-0.2, -0.15) is 5.26 Å². The van der Waals surface area contributed by atoms with Gasteiger partial charge in [0.25, 0.3) is 0 Å². The third kappa shape index (κ3) is 2.78. The van der Waals surface area contributed by atoms with Crippen LogP contribution in [0.15, 0.2) is 34.8 Å². The van der Waals surface area contributed by atoms with Crippen molar-refractivity contribution in [3.63, 3.8) is 0 Å². The highest BCUT2D eigenvalue weighted by Gasteiger charge is 2.05. The summed E-state index contributed by atoms with van der Waals surface area (Å²) in [6, 6.07) is 11.9. The van der Waals surface area contributed by atoms with Crippen LogP contribution in [0.25, 0.3) is 0 Å². The monoisotopic (exact) mass is 307 g/mol. The molecule has 1 aromatic carbocycles. The third-order valence-electron chi connectivity index (χ3n) is 2.27. The zero-order valence-electron chi connectivity index (χ0n) is 8.90. The second kappa shape index (κ2) is 5.21. The molecule has 17 heavy (non-hydrogen) atoms. The topological polar surface area (TPSA) is 61.8 Å². The molecular weight excluding hydrogens is 298 g/mol. The van der Waals surface area contributed by atoms with E-state index in [1.165, 1.54) is 11.3 Å². The lowest BCUT2D eigenvalue weighted by atomic mass is 10.2. The quantitative estimate of drug-likeness (QED) is 0.911. The molecule has 0 radical (unpaired) electrons. The molecule has 0 aliphatic heterocycles. The van der Waals surface area contributed by atoms with Crippen LogP contribution in [0.4, 0.5) is 10.7 Å². The molecule has 0 atom stereocenters. The van der Waals surface area contributed by atoms with E-state index in [1.54, 1.807) is 6.07 Å². The standard InChI is InChI=1S/C12H10BrN3S/c13-9-4-2-1-3-8(9)7-16-12-5-10(15)11(6-14)17-12/h1-5,16H,7,15H2. The smallest absolute Gasteiger partial charge is 0.129 e. The highest BCUT2D eigenvalue weighted by molar-refractivity contribution is 9.10. The lowest BCUT2D eigenvalue weighted by molar-refractivity contribution is 1.15. The zero-order valence-corrected chi connectivity index (χ0v) is 11.3. The Morgan fingerprint density at radius 3 is 2.82 bits per heavy atom. The molecule has 0 saturated heterocycles. The molecule has 0 unspecified atom stereocenters. The van der Waals surface area contributed by atoms with Crippen molar-refractivity contribution in [1.82, 2.24) is 0 Å². The van der Waals surface area contributed by atoms with Gasteiger partial charge in [0.15, 0.2) is 0 Å². The van der Waals surface area contributed by atoms with E-state index in [4.69, 9.17) is 11.0 Å². The van der Waals surface area contributed by atoms with Gasteiger partial charge in [-0.3, -0.25) is 0 Å². The molecule has 0 spiro atoms. The molecule has 0 saturated carbocycles. The predicted molar refractivity (Wildman–Crippen MR) is 74.9 cm³/mol. The summed E-state index contributed by atoms with van der Waals surface area (Å²) < 4.78 is 1.07. The van der Waals surface area contributed by atoms with Crippen molar-refractivity contribution < 1.29 is 0 Å². The summed E-state index contributed by atoms with van der Waals surface area (Å²) >= 11 is 4.86. The average Bonchev–Trinajstić information content (AvgIpc) is 2.69. The second-order valence-corrected chi connectivity index (χ2v) is 5.36. The van der Waals surface area contributed by atoms with Crippen molar-refractivity contribution in [2.75, 3.05) is 11.1 Å². The summed E-state index contributed by atoms with van der Waals surface area (Å²) in [7, 11) is 0. The number of nitrogen functional groups attached to an aromatic ring is 1. The van der Waals surface area contributed by atoms with Gasteiger partial charge < -0.3 is 11.1 Å². The molecule has 1 aromatic heterocycles. The van der Waals surface area contributed by atoms with Gasteiger partial charge in [-0.05, 0) is 17.7 Å². The molecule has 0 aliphatic rings. The van der Waals surface area contributed by atoms with E-state index in [9.17, 15) is 0 Å². The third-order valence-corrected chi connectivity index (χ3v) is 4.06. The Bertz CT molecular complexity index is 571. The van der Waals surface area contributed by atoms with Crippen LogP contribution < -0.4 is 11.1 Å². The molecule has 2 rings (SSSR count). The van der Waals surface area contributed by atoms with E-state index in [1.807, 2.05) is 24.3 Å². The van der Waals surface area contributed by atoms with Gasteiger partial charge in [0.1, 0.15) is 10.9 Å². The van der Waals surface area contributed by atoms with Crippen LogP contribution in [0.5, 0.6) is 0 Å². The fourth-order valence-electron chi connectivity index (χ4n) is 1.40. The first-order chi connectivity index (χ1) is 8.20. The molecular formula is C12H10BrN3S. The minimum atomic E-state index is 0.534. The van der Waals surface area contributed by atoms with Crippen molar-refractivity contribution in [2.24, 2.45) is 0 Å². The second-order valence-electron chi connectivity index (χ2n) is 3.45. The molecule has 0 bridgehead atoms. The number of anilines is 2. The number of hydrogen-bond acceptors (Lipinski definition) is 4. The lowest BCUT2D eigenvalue weighted by Crippen LogP contribution is -1.98. The first-order valence-electron chi connectivity index (χ1n) is 4.97. The van der Waals surface area contributed by atoms with Gasteiger partial charge in [-0.15, -0.1) is 11.3 Å². The summed E-state index contributed by atoms with van der Waals surface area (Å²) in [5, 5.41) is 13.0. The molecule has 1 heterocycles. The summed E-state index contributed by atoms with van der Waals surface area (Å²) in [5.74, 6) is 0. The first-order valence-corrected chi connectivity index (χ1v) is 6.58. The Morgan fingerprint density at radius 1 is 1.41 bits per heavy atom. The Labute approximate surface area is 112 Å². The van der Waals surface area contributed by atoms with E-state index < -0.39 is 0 Å². The minimum absolute atomic E-state index is 0.534. The Kier molecular flexibility index (Phi) is 3.67. The van der Waals surface area contributed by atoms with Crippen LogP contribution in [-0.2, 0) is 6.54 Å². The Hall–Kier alpha value is -1.51. The minimum Gasteiger partial charge on any atom is -0.397 e. The maximum absolute atomic E-state index is 8.81. The number of nitrogens with two attached hydrogens (primary N) is 1. The van der Waals surface area contributed by atoms with E-state index in [2.05, 4.69) is 27.3 Å². The van der Waals surface area contributed by atoms with Crippen molar-refractivity contribution >= 4 is 38.0 Å². The average molecular weight is 308 g/mol. The van der Waals surface area contributed by atoms with Crippen LogP contribution in [0.3, 0.4) is 0 Å². The van der Waals surface area contributed by atoms with Crippen LogP contribution in [0, 0.1) is 11.3 Å². The van der Waals surface area contributed by atoms with Crippen molar-refractivity contribution in [1.29, 1.82) is 5.26 Å². The molecule has 3 nitrogen and oxygen atoms in total. The van der Waals surface area contributed by atoms with Gasteiger partial charge in [0.05, 0.1) is 10.7 Å². The van der Waals surface area contributed by atoms with Gasteiger partial charge >= 0.3 is 0 Å². The number of nitrogens with zero attached hydrogens (tertiary/aromatic N) is 1.